The molecular formula is C17H15ClFN3O4. The van der Waals surface area contributed by atoms with E-state index < -0.39 is 30.0 Å². The second-order valence-electron chi connectivity index (χ2n) is 5.49. The van der Waals surface area contributed by atoms with Crippen molar-refractivity contribution >= 4 is 23.6 Å². The number of nitrogens with zero attached hydrogens (tertiary/aromatic N) is 1. The maximum Gasteiger partial charge on any atom is 0.408 e. The molecule has 1 aliphatic heterocycles. The number of carbonyl (C=O) groups excluding carboxylic acids is 2. The molecule has 26 heavy (non-hydrogen) atoms. The lowest BCUT2D eigenvalue weighted by Crippen LogP contribution is -2.39. The molecule has 0 unspecified atom stereocenters. The molecule has 2 heterocycles. The van der Waals surface area contributed by atoms with Gasteiger partial charge in [0.2, 0.25) is 5.88 Å². The van der Waals surface area contributed by atoms with Gasteiger partial charge in [0.05, 0.1) is 24.7 Å². The van der Waals surface area contributed by atoms with Crippen LogP contribution >= 0.6 is 11.6 Å². The quantitative estimate of drug-likeness (QED) is 0.831. The van der Waals surface area contributed by atoms with Gasteiger partial charge in [-0.3, -0.25) is 4.79 Å². The van der Waals surface area contributed by atoms with Crippen LogP contribution in [0.2, 0.25) is 5.02 Å². The van der Waals surface area contributed by atoms with Crippen molar-refractivity contribution in [3.63, 3.8) is 0 Å². The number of pyridine rings is 1. The lowest BCUT2D eigenvalue weighted by molar-refractivity contribution is -0.128. The van der Waals surface area contributed by atoms with Crippen molar-refractivity contribution in [2.24, 2.45) is 0 Å². The topological polar surface area (TPSA) is 89.5 Å². The number of aromatic nitrogens is 1. The third kappa shape index (κ3) is 3.70. The number of amides is 2. The third-order valence-corrected chi connectivity index (χ3v) is 4.13. The van der Waals surface area contributed by atoms with Gasteiger partial charge in [-0.25, -0.2) is 14.2 Å². The summed E-state index contributed by atoms with van der Waals surface area (Å²) in [4.78, 5) is 27.8. The van der Waals surface area contributed by atoms with E-state index in [1.807, 2.05) is 0 Å². The summed E-state index contributed by atoms with van der Waals surface area (Å²) in [5, 5.41) is 5.10. The van der Waals surface area contributed by atoms with Crippen molar-refractivity contribution in [3.8, 4) is 5.88 Å². The zero-order chi connectivity index (χ0) is 18.7. The highest BCUT2D eigenvalue weighted by Gasteiger charge is 2.32. The average molecular weight is 380 g/mol. The van der Waals surface area contributed by atoms with Gasteiger partial charge >= 0.3 is 6.09 Å². The van der Waals surface area contributed by atoms with E-state index in [1.165, 1.54) is 25.3 Å². The molecule has 2 N–H and O–H groups in total. The van der Waals surface area contributed by atoms with Crippen LogP contribution in [0.25, 0.3) is 0 Å². The van der Waals surface area contributed by atoms with Gasteiger partial charge in [-0.15, -0.1) is 0 Å². The molecule has 3 rings (SSSR count). The molecule has 9 heteroatoms. The Morgan fingerprint density at radius 3 is 2.96 bits per heavy atom. The number of benzene rings is 1. The molecule has 0 spiro atoms. The molecule has 0 bridgehead atoms. The summed E-state index contributed by atoms with van der Waals surface area (Å²) in [7, 11) is 1.45. The molecule has 1 aromatic carbocycles. The van der Waals surface area contributed by atoms with E-state index in [0.717, 1.165) is 0 Å². The number of halogens is 2. The van der Waals surface area contributed by atoms with Gasteiger partial charge in [0, 0.05) is 11.8 Å². The molecule has 1 fully saturated rings. The first-order valence-electron chi connectivity index (χ1n) is 7.68. The van der Waals surface area contributed by atoms with Gasteiger partial charge in [0.25, 0.3) is 5.91 Å². The van der Waals surface area contributed by atoms with Crippen molar-refractivity contribution in [2.45, 2.75) is 12.1 Å². The van der Waals surface area contributed by atoms with E-state index in [0.29, 0.717) is 17.0 Å². The number of methoxy groups -OCH3 is 1. The minimum absolute atomic E-state index is 0.0612. The lowest BCUT2D eigenvalue weighted by atomic mass is 9.99. The summed E-state index contributed by atoms with van der Waals surface area (Å²) in [6.45, 7) is 0.0612. The highest BCUT2D eigenvalue weighted by molar-refractivity contribution is 6.30. The standard InChI is InChI=1S/C17H15ClFN3O4/c1-25-16-10(3-2-6-20-16)14(9-4-5-12(19)11(18)7-9)22-15(23)13-8-21-17(24)26-13/h2-7,13-14H,8H2,1H3,(H,21,24)(H,22,23)/t13-,14+/m0/s1. The molecule has 1 saturated heterocycles. The number of hydrogen-bond donors (Lipinski definition) is 2. The Morgan fingerprint density at radius 1 is 1.50 bits per heavy atom. The average Bonchev–Trinajstić information content (AvgIpc) is 3.08. The van der Waals surface area contributed by atoms with E-state index in [2.05, 4.69) is 15.6 Å². The van der Waals surface area contributed by atoms with Crippen molar-refractivity contribution in [1.82, 2.24) is 15.6 Å². The first-order valence-corrected chi connectivity index (χ1v) is 8.06. The minimum Gasteiger partial charge on any atom is -0.481 e. The molecule has 0 saturated carbocycles. The van der Waals surface area contributed by atoms with Crippen LogP contribution in [-0.2, 0) is 9.53 Å². The Balaban J connectivity index is 1.97. The predicted octanol–water partition coefficient (Wildman–Crippen LogP) is 2.20. The van der Waals surface area contributed by atoms with Gasteiger partial charge in [0.15, 0.2) is 6.10 Å². The summed E-state index contributed by atoms with van der Waals surface area (Å²) >= 11 is 5.89. The van der Waals surface area contributed by atoms with E-state index >= 15 is 0 Å². The molecule has 0 aliphatic carbocycles. The fourth-order valence-electron chi connectivity index (χ4n) is 2.60. The van der Waals surface area contributed by atoms with Crippen LogP contribution in [0.1, 0.15) is 17.2 Å². The number of cyclic esters (lactones) is 1. The lowest BCUT2D eigenvalue weighted by Gasteiger charge is -2.22. The van der Waals surface area contributed by atoms with Crippen LogP contribution in [0.3, 0.4) is 0 Å². The Bertz CT molecular complexity index is 849. The van der Waals surface area contributed by atoms with Crippen LogP contribution in [0.5, 0.6) is 5.88 Å². The SMILES string of the molecule is COc1ncccc1[C@H](NC(=O)[C@@H]1CNC(=O)O1)c1ccc(F)c(Cl)c1. The number of rotatable bonds is 5. The second kappa shape index (κ2) is 7.57. The summed E-state index contributed by atoms with van der Waals surface area (Å²) in [6, 6.07) is 6.77. The maximum atomic E-state index is 13.5. The van der Waals surface area contributed by atoms with Gasteiger partial charge in [-0.2, -0.15) is 0 Å². The highest BCUT2D eigenvalue weighted by atomic mass is 35.5. The fraction of sp³-hybridized carbons (Fsp3) is 0.235. The van der Waals surface area contributed by atoms with Crippen LogP contribution in [0, 0.1) is 5.82 Å². The number of hydrogen-bond acceptors (Lipinski definition) is 5. The van der Waals surface area contributed by atoms with E-state index in [-0.39, 0.29) is 11.6 Å². The molecule has 2 aromatic rings. The van der Waals surface area contributed by atoms with Crippen LogP contribution in [0.4, 0.5) is 9.18 Å². The fourth-order valence-corrected chi connectivity index (χ4v) is 2.79. The number of carbonyl (C=O) groups is 2. The zero-order valence-corrected chi connectivity index (χ0v) is 14.4. The van der Waals surface area contributed by atoms with E-state index in [9.17, 15) is 14.0 Å². The summed E-state index contributed by atoms with van der Waals surface area (Å²) < 4.78 is 23.7. The number of ether oxygens (including phenoxy) is 2. The Kier molecular flexibility index (Phi) is 5.22. The zero-order valence-electron chi connectivity index (χ0n) is 13.7. The molecule has 1 aliphatic rings. The van der Waals surface area contributed by atoms with Crippen molar-refractivity contribution in [3.05, 3.63) is 58.5 Å². The molecule has 2 atom stereocenters. The largest absolute Gasteiger partial charge is 0.481 e. The van der Waals surface area contributed by atoms with Crippen molar-refractivity contribution in [1.29, 1.82) is 0 Å². The minimum atomic E-state index is -0.969. The Labute approximate surface area is 153 Å². The molecule has 0 radical (unpaired) electrons. The Morgan fingerprint density at radius 2 is 2.31 bits per heavy atom. The van der Waals surface area contributed by atoms with Crippen molar-refractivity contribution < 1.29 is 23.5 Å². The van der Waals surface area contributed by atoms with Gasteiger partial charge in [0.1, 0.15) is 5.82 Å². The predicted molar refractivity (Wildman–Crippen MR) is 90.5 cm³/mol. The molecule has 2 amide bonds. The van der Waals surface area contributed by atoms with E-state index in [4.69, 9.17) is 21.1 Å². The highest BCUT2D eigenvalue weighted by Crippen LogP contribution is 2.30. The summed E-state index contributed by atoms with van der Waals surface area (Å²) in [5.74, 6) is -0.799. The third-order valence-electron chi connectivity index (χ3n) is 3.84. The maximum absolute atomic E-state index is 13.5. The summed E-state index contributed by atoms with van der Waals surface area (Å²) in [6.07, 6.45) is -0.0873. The number of alkyl carbamates (subject to hydrolysis) is 1. The monoisotopic (exact) mass is 379 g/mol. The first-order chi connectivity index (χ1) is 12.5. The van der Waals surface area contributed by atoms with Gasteiger partial charge in [-0.05, 0) is 29.8 Å². The van der Waals surface area contributed by atoms with Crippen LogP contribution in [-0.4, -0.2) is 36.7 Å². The first kappa shape index (κ1) is 17.9. The van der Waals surface area contributed by atoms with Gasteiger partial charge in [-0.1, -0.05) is 17.7 Å². The number of nitrogens with one attached hydrogen (secondary N) is 2. The molecule has 136 valence electrons. The second-order valence-corrected chi connectivity index (χ2v) is 5.90. The van der Waals surface area contributed by atoms with Gasteiger partial charge < -0.3 is 20.1 Å². The molecule has 7 nitrogen and oxygen atoms in total. The Hall–Kier alpha value is -2.87. The van der Waals surface area contributed by atoms with Crippen molar-refractivity contribution in [2.75, 3.05) is 13.7 Å². The normalized spacial score (nSPS) is 17.2. The van der Waals surface area contributed by atoms with E-state index in [1.54, 1.807) is 18.3 Å². The van der Waals surface area contributed by atoms with Crippen LogP contribution in [0.15, 0.2) is 36.5 Å². The van der Waals surface area contributed by atoms with Crippen LogP contribution < -0.4 is 15.4 Å². The smallest absolute Gasteiger partial charge is 0.408 e. The summed E-state index contributed by atoms with van der Waals surface area (Å²) in [5.41, 5.74) is 1.07. The molecule has 1 aromatic heterocycles. The molecular weight excluding hydrogens is 365 g/mol.